The van der Waals surface area contributed by atoms with Crippen LogP contribution in [-0.2, 0) is 4.79 Å². The van der Waals surface area contributed by atoms with E-state index in [0.717, 1.165) is 18.4 Å². The van der Waals surface area contributed by atoms with E-state index in [0.29, 0.717) is 17.6 Å². The molecule has 1 aliphatic heterocycles. The van der Waals surface area contributed by atoms with Gasteiger partial charge in [0.15, 0.2) is 0 Å². The molecule has 0 N–H and O–H groups in total. The molecular formula is C16H27NO. The van der Waals surface area contributed by atoms with Crippen LogP contribution in [0.1, 0.15) is 66.2 Å². The van der Waals surface area contributed by atoms with Crippen LogP contribution in [0.25, 0.3) is 0 Å². The molecule has 2 heteroatoms. The predicted octanol–water partition coefficient (Wildman–Crippen LogP) is 3.40. The van der Waals surface area contributed by atoms with Crippen LogP contribution in [0, 0.1) is 10.8 Å². The minimum absolute atomic E-state index is 0.130. The lowest BCUT2D eigenvalue weighted by atomic mass is 9.58. The first-order valence-corrected chi connectivity index (χ1v) is 7.59. The molecule has 2 nitrogen and oxygen atoms in total. The molecule has 3 rings (SSSR count). The molecule has 0 unspecified atom stereocenters. The second-order valence-electron chi connectivity index (χ2n) is 8.19. The topological polar surface area (TPSA) is 20.3 Å². The Bertz CT molecular complexity index is 367. The smallest absolute Gasteiger partial charge is 0.149 e. The van der Waals surface area contributed by atoms with Crippen molar-refractivity contribution < 1.29 is 4.79 Å². The van der Waals surface area contributed by atoms with E-state index in [1.54, 1.807) is 0 Å². The monoisotopic (exact) mass is 249 g/mol. The standard InChI is InChI=1S/C16H27NO/c1-5-13(18)12-8-16(9-15(10-16)6-7-15)11-17(12)14(2,3)4/h12H,5-11H2,1-4H3/t12-/m0/s1. The molecule has 0 bridgehead atoms. The number of carbonyl (C=O) groups excluding carboxylic acids is 1. The van der Waals surface area contributed by atoms with Gasteiger partial charge in [0, 0.05) is 18.5 Å². The number of rotatable bonds is 2. The predicted molar refractivity (Wildman–Crippen MR) is 73.5 cm³/mol. The zero-order chi connectivity index (χ0) is 13.2. The molecule has 3 aliphatic rings. The van der Waals surface area contributed by atoms with Gasteiger partial charge in [0.1, 0.15) is 5.78 Å². The number of ketones is 1. The van der Waals surface area contributed by atoms with E-state index in [4.69, 9.17) is 0 Å². The van der Waals surface area contributed by atoms with Crippen LogP contribution in [0.2, 0.25) is 0 Å². The van der Waals surface area contributed by atoms with Gasteiger partial charge in [0.25, 0.3) is 0 Å². The molecule has 1 heterocycles. The summed E-state index contributed by atoms with van der Waals surface area (Å²) in [5.74, 6) is 0.457. The molecule has 1 saturated heterocycles. The Labute approximate surface area is 111 Å². The quantitative estimate of drug-likeness (QED) is 0.747. The maximum Gasteiger partial charge on any atom is 0.149 e. The number of hydrogen-bond donors (Lipinski definition) is 0. The summed E-state index contributed by atoms with van der Waals surface area (Å²) in [4.78, 5) is 14.7. The van der Waals surface area contributed by atoms with Crippen molar-refractivity contribution in [3.63, 3.8) is 0 Å². The van der Waals surface area contributed by atoms with Gasteiger partial charge in [-0.25, -0.2) is 0 Å². The van der Waals surface area contributed by atoms with Crippen molar-refractivity contribution in [3.8, 4) is 0 Å². The lowest BCUT2D eigenvalue weighted by Gasteiger charge is -2.47. The van der Waals surface area contributed by atoms with Crippen LogP contribution in [0.4, 0.5) is 0 Å². The van der Waals surface area contributed by atoms with Gasteiger partial charge in [-0.05, 0) is 63.7 Å². The van der Waals surface area contributed by atoms with Gasteiger partial charge >= 0.3 is 0 Å². The number of Topliss-reactive ketones (excluding diaryl/α,β-unsaturated/α-hetero) is 1. The molecule has 102 valence electrons. The maximum absolute atomic E-state index is 12.2. The average molecular weight is 249 g/mol. The summed E-state index contributed by atoms with van der Waals surface area (Å²) in [5.41, 5.74) is 1.37. The molecular weight excluding hydrogens is 222 g/mol. The van der Waals surface area contributed by atoms with E-state index in [-0.39, 0.29) is 11.6 Å². The molecule has 2 spiro atoms. The fourth-order valence-corrected chi connectivity index (χ4v) is 4.61. The third kappa shape index (κ3) is 1.84. The maximum atomic E-state index is 12.2. The van der Waals surface area contributed by atoms with Gasteiger partial charge in [-0.15, -0.1) is 0 Å². The van der Waals surface area contributed by atoms with Crippen molar-refractivity contribution >= 4 is 5.78 Å². The van der Waals surface area contributed by atoms with Crippen molar-refractivity contribution in [2.75, 3.05) is 6.54 Å². The Morgan fingerprint density at radius 2 is 1.83 bits per heavy atom. The molecule has 0 aromatic rings. The molecule has 3 fully saturated rings. The highest BCUT2D eigenvalue weighted by Crippen LogP contribution is 2.71. The highest BCUT2D eigenvalue weighted by Gasteiger charge is 2.64. The van der Waals surface area contributed by atoms with Gasteiger partial charge in [-0.2, -0.15) is 0 Å². The minimum Gasteiger partial charge on any atom is -0.298 e. The molecule has 0 aromatic carbocycles. The first-order chi connectivity index (χ1) is 8.29. The Hall–Kier alpha value is -0.370. The van der Waals surface area contributed by atoms with Gasteiger partial charge in [0.05, 0.1) is 6.04 Å². The third-order valence-corrected chi connectivity index (χ3v) is 5.55. The van der Waals surface area contributed by atoms with Crippen molar-refractivity contribution in [2.24, 2.45) is 10.8 Å². The van der Waals surface area contributed by atoms with Crippen molar-refractivity contribution in [1.82, 2.24) is 4.90 Å². The second-order valence-corrected chi connectivity index (χ2v) is 8.19. The molecule has 0 radical (unpaired) electrons. The summed E-state index contributed by atoms with van der Waals surface area (Å²) in [6.07, 6.45) is 7.55. The largest absolute Gasteiger partial charge is 0.298 e. The van der Waals surface area contributed by atoms with Gasteiger partial charge in [0.2, 0.25) is 0 Å². The third-order valence-electron chi connectivity index (χ3n) is 5.55. The van der Waals surface area contributed by atoms with Crippen LogP contribution < -0.4 is 0 Å². The molecule has 1 atom stereocenters. The number of likely N-dealkylation sites (tertiary alicyclic amines) is 1. The van der Waals surface area contributed by atoms with Crippen LogP contribution in [0.5, 0.6) is 0 Å². The fourth-order valence-electron chi connectivity index (χ4n) is 4.61. The summed E-state index contributed by atoms with van der Waals surface area (Å²) in [6.45, 7) is 9.94. The minimum atomic E-state index is 0.130. The van der Waals surface area contributed by atoms with Crippen molar-refractivity contribution in [2.45, 2.75) is 77.8 Å². The first-order valence-electron chi connectivity index (χ1n) is 7.59. The first kappa shape index (κ1) is 12.7. The van der Waals surface area contributed by atoms with Gasteiger partial charge in [-0.3, -0.25) is 9.69 Å². The van der Waals surface area contributed by atoms with E-state index in [2.05, 4.69) is 25.7 Å². The zero-order valence-electron chi connectivity index (χ0n) is 12.4. The van der Waals surface area contributed by atoms with Gasteiger partial charge < -0.3 is 0 Å². The SMILES string of the molecule is CCC(=O)[C@@H]1CC2(CN1C(C)(C)C)CC1(CC1)C2. The number of carbonyl (C=O) groups is 1. The van der Waals surface area contributed by atoms with E-state index in [9.17, 15) is 4.79 Å². The Kier molecular flexibility index (Phi) is 2.53. The summed E-state index contributed by atoms with van der Waals surface area (Å²) < 4.78 is 0. The summed E-state index contributed by atoms with van der Waals surface area (Å²) >= 11 is 0. The van der Waals surface area contributed by atoms with Crippen molar-refractivity contribution in [1.29, 1.82) is 0 Å². The molecule has 18 heavy (non-hydrogen) atoms. The second kappa shape index (κ2) is 3.59. The molecule has 0 aromatic heterocycles. The van der Waals surface area contributed by atoms with Crippen LogP contribution >= 0.6 is 0 Å². The summed E-state index contributed by atoms with van der Waals surface area (Å²) in [6, 6.07) is 0.200. The lowest BCUT2D eigenvalue weighted by Crippen LogP contribution is -2.49. The normalized spacial score (nSPS) is 32.8. The van der Waals surface area contributed by atoms with E-state index in [1.165, 1.54) is 25.7 Å². The molecule has 2 saturated carbocycles. The van der Waals surface area contributed by atoms with Crippen molar-refractivity contribution in [3.05, 3.63) is 0 Å². The lowest BCUT2D eigenvalue weighted by molar-refractivity contribution is -0.124. The van der Waals surface area contributed by atoms with Crippen LogP contribution in [0.15, 0.2) is 0 Å². The molecule has 2 aliphatic carbocycles. The van der Waals surface area contributed by atoms with Gasteiger partial charge in [-0.1, -0.05) is 6.92 Å². The highest BCUT2D eigenvalue weighted by molar-refractivity contribution is 5.84. The Morgan fingerprint density at radius 1 is 1.22 bits per heavy atom. The van der Waals surface area contributed by atoms with E-state index < -0.39 is 0 Å². The summed E-state index contributed by atoms with van der Waals surface area (Å²) in [7, 11) is 0. The van der Waals surface area contributed by atoms with Crippen LogP contribution in [0.3, 0.4) is 0 Å². The molecule has 0 amide bonds. The number of hydrogen-bond acceptors (Lipinski definition) is 2. The Balaban J connectivity index is 1.78. The summed E-state index contributed by atoms with van der Waals surface area (Å²) in [5, 5.41) is 0. The van der Waals surface area contributed by atoms with E-state index in [1.807, 2.05) is 6.92 Å². The highest BCUT2D eigenvalue weighted by atomic mass is 16.1. The Morgan fingerprint density at radius 3 is 2.28 bits per heavy atom. The number of nitrogens with zero attached hydrogens (tertiary/aromatic N) is 1. The fraction of sp³-hybridized carbons (Fsp3) is 0.938. The van der Waals surface area contributed by atoms with E-state index >= 15 is 0 Å². The zero-order valence-corrected chi connectivity index (χ0v) is 12.4. The van der Waals surface area contributed by atoms with Crippen LogP contribution in [-0.4, -0.2) is 28.8 Å². The average Bonchev–Trinajstić information content (AvgIpc) is 2.87.